The highest BCUT2D eigenvalue weighted by Crippen LogP contribution is 2.36. The zero-order chi connectivity index (χ0) is 32.9. The highest BCUT2D eigenvalue weighted by atomic mass is 35.5. The van der Waals surface area contributed by atoms with E-state index < -0.39 is 12.0 Å². The normalized spacial score (nSPS) is 14.4. The lowest BCUT2D eigenvalue weighted by molar-refractivity contribution is -0.138. The summed E-state index contributed by atoms with van der Waals surface area (Å²) in [5.41, 5.74) is 3.55. The van der Waals surface area contributed by atoms with Crippen LogP contribution in [0.2, 0.25) is 10.0 Å². The molecular formula is C37H30Cl2N2O5S. The maximum atomic E-state index is 14.2. The van der Waals surface area contributed by atoms with Crippen LogP contribution in [0.25, 0.3) is 11.8 Å². The van der Waals surface area contributed by atoms with Crippen molar-refractivity contribution >= 4 is 52.3 Å². The minimum atomic E-state index is -0.791. The van der Waals surface area contributed by atoms with Crippen molar-refractivity contribution < 1.29 is 19.0 Å². The monoisotopic (exact) mass is 684 g/mol. The average Bonchev–Trinajstić information content (AvgIpc) is 3.38. The minimum Gasteiger partial charge on any atom is -0.490 e. The quantitative estimate of drug-likeness (QED) is 0.145. The molecule has 1 atom stereocenters. The largest absolute Gasteiger partial charge is 0.490 e. The van der Waals surface area contributed by atoms with Crippen molar-refractivity contribution in [2.45, 2.75) is 26.5 Å². The summed E-state index contributed by atoms with van der Waals surface area (Å²) in [5.74, 6) is 0.574. The summed E-state index contributed by atoms with van der Waals surface area (Å²) in [6.07, 6.45) is 1.79. The number of benzene rings is 4. The van der Waals surface area contributed by atoms with E-state index in [1.165, 1.54) is 11.3 Å². The summed E-state index contributed by atoms with van der Waals surface area (Å²) >= 11 is 13.6. The fraction of sp³-hybridized carbons (Fsp3) is 0.162. The number of hydrogen-bond donors (Lipinski definition) is 0. The molecule has 10 heteroatoms. The first kappa shape index (κ1) is 32.3. The third-order valence-electron chi connectivity index (χ3n) is 7.41. The van der Waals surface area contributed by atoms with Gasteiger partial charge in [0.2, 0.25) is 0 Å². The van der Waals surface area contributed by atoms with Crippen molar-refractivity contribution in [3.63, 3.8) is 0 Å². The molecule has 0 fully saturated rings. The summed E-state index contributed by atoms with van der Waals surface area (Å²) in [7, 11) is 0. The van der Waals surface area contributed by atoms with E-state index in [0.29, 0.717) is 55.4 Å². The van der Waals surface area contributed by atoms with Crippen molar-refractivity contribution in [3.05, 3.63) is 155 Å². The van der Waals surface area contributed by atoms with Gasteiger partial charge in [-0.15, -0.1) is 0 Å². The van der Waals surface area contributed by atoms with E-state index in [-0.39, 0.29) is 17.7 Å². The fourth-order valence-electron chi connectivity index (χ4n) is 5.34. The number of thiazole rings is 1. The number of ether oxygens (including phenoxy) is 3. The number of nitrogens with zero attached hydrogens (tertiary/aromatic N) is 2. The molecule has 0 saturated heterocycles. The number of hydrogen-bond acceptors (Lipinski definition) is 7. The second kappa shape index (κ2) is 14.4. The van der Waals surface area contributed by atoms with Crippen LogP contribution >= 0.6 is 34.5 Å². The van der Waals surface area contributed by atoms with Crippen molar-refractivity contribution in [2.24, 2.45) is 4.99 Å². The molecule has 0 amide bonds. The van der Waals surface area contributed by atoms with Gasteiger partial charge in [-0.05, 0) is 73.0 Å². The van der Waals surface area contributed by atoms with Gasteiger partial charge in [-0.3, -0.25) is 9.36 Å². The molecule has 0 spiro atoms. The molecule has 7 nitrogen and oxygen atoms in total. The van der Waals surface area contributed by atoms with Crippen molar-refractivity contribution in [1.29, 1.82) is 0 Å². The molecule has 0 unspecified atom stereocenters. The lowest BCUT2D eigenvalue weighted by Crippen LogP contribution is -2.40. The molecule has 0 radical (unpaired) electrons. The number of carbonyl (C=O) groups is 1. The van der Waals surface area contributed by atoms with E-state index in [4.69, 9.17) is 42.4 Å². The van der Waals surface area contributed by atoms with Crippen LogP contribution in [-0.4, -0.2) is 23.8 Å². The lowest BCUT2D eigenvalue weighted by Gasteiger charge is -2.25. The van der Waals surface area contributed by atoms with Crippen molar-refractivity contribution in [3.8, 4) is 11.5 Å². The molecule has 47 heavy (non-hydrogen) atoms. The standard InChI is InChI=1S/C37H30Cl2N2O5S/c1-3-44-30-20-23(13-18-29(30)46-22-24-9-8-12-28(39)19-24)21-31-35(42)41-34(26-14-16-27(38)17-15-26)32(36(43)45-4-2)33(40-37(41)47-31)25-10-6-5-7-11-25/h5-21,34H,3-4,22H2,1-2H3/b31-21-/t34-/m0/s1. The second-order valence-corrected chi connectivity index (χ2v) is 12.4. The molecular weight excluding hydrogens is 655 g/mol. The minimum absolute atomic E-state index is 0.170. The number of fused-ring (bicyclic) bond motifs is 1. The van der Waals surface area contributed by atoms with Crippen molar-refractivity contribution in [1.82, 2.24) is 4.57 Å². The Morgan fingerprint density at radius 3 is 2.38 bits per heavy atom. The Morgan fingerprint density at radius 2 is 1.66 bits per heavy atom. The third kappa shape index (κ3) is 7.05. The predicted octanol–water partition coefficient (Wildman–Crippen LogP) is 7.22. The Bertz CT molecular complexity index is 2140. The number of esters is 1. The first-order valence-corrected chi connectivity index (χ1v) is 16.6. The highest BCUT2D eigenvalue weighted by Gasteiger charge is 2.35. The average molecular weight is 686 g/mol. The topological polar surface area (TPSA) is 79.1 Å². The van der Waals surface area contributed by atoms with Gasteiger partial charge in [0.25, 0.3) is 5.56 Å². The molecule has 0 N–H and O–H groups in total. The third-order valence-corrected chi connectivity index (χ3v) is 8.88. The van der Waals surface area contributed by atoms with E-state index in [1.807, 2.05) is 91.9 Å². The maximum Gasteiger partial charge on any atom is 0.338 e. The van der Waals surface area contributed by atoms with E-state index in [0.717, 1.165) is 16.7 Å². The van der Waals surface area contributed by atoms with Gasteiger partial charge in [0.1, 0.15) is 6.61 Å². The molecule has 1 aliphatic rings. The van der Waals surface area contributed by atoms with Crippen LogP contribution in [0.4, 0.5) is 0 Å². The van der Waals surface area contributed by atoms with Crippen LogP contribution in [0.5, 0.6) is 11.5 Å². The summed E-state index contributed by atoms with van der Waals surface area (Å²) in [4.78, 5) is 33.2. The highest BCUT2D eigenvalue weighted by molar-refractivity contribution is 7.07. The fourth-order valence-corrected chi connectivity index (χ4v) is 6.68. The van der Waals surface area contributed by atoms with Crippen LogP contribution in [0.1, 0.15) is 42.1 Å². The van der Waals surface area contributed by atoms with Gasteiger partial charge < -0.3 is 14.2 Å². The Balaban J connectivity index is 1.47. The SMILES string of the molecule is CCOC(=O)C1=C(c2ccccc2)N=c2s/c(=C\c3ccc(OCc4cccc(Cl)c4)c(OCC)c3)c(=O)n2[C@H]1c1ccc(Cl)cc1. The van der Waals surface area contributed by atoms with Crippen LogP contribution in [0.3, 0.4) is 0 Å². The summed E-state index contributed by atoms with van der Waals surface area (Å²) < 4.78 is 19.5. The molecule has 0 aliphatic carbocycles. The molecule has 238 valence electrons. The molecule has 1 aromatic heterocycles. The molecule has 5 aromatic rings. The number of aromatic nitrogens is 1. The molecule has 0 bridgehead atoms. The lowest BCUT2D eigenvalue weighted by atomic mass is 9.93. The van der Waals surface area contributed by atoms with Crippen LogP contribution in [0, 0.1) is 0 Å². The summed E-state index contributed by atoms with van der Waals surface area (Å²) in [6, 6.07) is 28.7. The van der Waals surface area contributed by atoms with Crippen LogP contribution in [0.15, 0.2) is 112 Å². The number of rotatable bonds is 10. The zero-order valence-electron chi connectivity index (χ0n) is 25.6. The smallest absolute Gasteiger partial charge is 0.338 e. The zero-order valence-corrected chi connectivity index (χ0v) is 27.9. The Labute approximate surface area is 285 Å². The van der Waals surface area contributed by atoms with E-state index >= 15 is 0 Å². The van der Waals surface area contributed by atoms with Crippen LogP contribution < -0.4 is 24.4 Å². The molecule has 4 aromatic carbocycles. The van der Waals surface area contributed by atoms with Gasteiger partial charge in [0.15, 0.2) is 16.3 Å². The van der Waals surface area contributed by atoms with Gasteiger partial charge in [0.05, 0.1) is 35.1 Å². The Morgan fingerprint density at radius 1 is 0.872 bits per heavy atom. The van der Waals surface area contributed by atoms with Gasteiger partial charge in [0, 0.05) is 15.6 Å². The van der Waals surface area contributed by atoms with E-state index in [2.05, 4.69) is 0 Å². The number of halogens is 2. The Kier molecular flexibility index (Phi) is 9.92. The first-order valence-electron chi connectivity index (χ1n) is 15.0. The molecule has 2 heterocycles. The predicted molar refractivity (Wildman–Crippen MR) is 186 cm³/mol. The summed E-state index contributed by atoms with van der Waals surface area (Å²) in [5, 5.41) is 1.17. The van der Waals surface area contributed by atoms with Gasteiger partial charge in [-0.25, -0.2) is 9.79 Å². The molecule has 1 aliphatic heterocycles. The van der Waals surface area contributed by atoms with Gasteiger partial charge in [-0.1, -0.05) is 95.2 Å². The summed E-state index contributed by atoms with van der Waals surface area (Å²) in [6.45, 7) is 4.56. The molecule has 0 saturated carbocycles. The second-order valence-electron chi connectivity index (χ2n) is 10.5. The van der Waals surface area contributed by atoms with Crippen molar-refractivity contribution in [2.75, 3.05) is 13.2 Å². The first-order chi connectivity index (χ1) is 22.9. The van der Waals surface area contributed by atoms with Gasteiger partial charge in [-0.2, -0.15) is 0 Å². The van der Waals surface area contributed by atoms with E-state index in [9.17, 15) is 9.59 Å². The maximum absolute atomic E-state index is 14.2. The van der Waals surface area contributed by atoms with Crippen LogP contribution in [-0.2, 0) is 16.1 Å². The van der Waals surface area contributed by atoms with Gasteiger partial charge >= 0.3 is 5.97 Å². The van der Waals surface area contributed by atoms with E-state index in [1.54, 1.807) is 29.7 Å². The molecule has 6 rings (SSSR count). The Hall–Kier alpha value is -4.63. The number of carbonyl (C=O) groups excluding carboxylic acids is 1.